The first-order valence-electron chi connectivity index (χ1n) is 7.35. The summed E-state index contributed by atoms with van der Waals surface area (Å²) in [7, 11) is 0. The SMILES string of the molecule is CC(C)(C)OC(=O)N1CCCC(Oc2c(F)cccc2F)C1. The van der Waals surface area contributed by atoms with Crippen LogP contribution >= 0.6 is 0 Å². The van der Waals surface area contributed by atoms with Gasteiger partial charge in [0.2, 0.25) is 0 Å². The quantitative estimate of drug-likeness (QED) is 0.835. The van der Waals surface area contributed by atoms with E-state index in [2.05, 4.69) is 0 Å². The van der Waals surface area contributed by atoms with Crippen LogP contribution in [0.15, 0.2) is 18.2 Å². The van der Waals surface area contributed by atoms with Crippen LogP contribution in [-0.2, 0) is 4.74 Å². The van der Waals surface area contributed by atoms with E-state index in [1.54, 1.807) is 20.8 Å². The predicted molar refractivity (Wildman–Crippen MR) is 77.8 cm³/mol. The molecule has 0 bridgehead atoms. The molecule has 4 nitrogen and oxygen atoms in total. The Hall–Kier alpha value is -1.85. The van der Waals surface area contributed by atoms with Crippen molar-refractivity contribution < 1.29 is 23.0 Å². The van der Waals surface area contributed by atoms with Crippen LogP contribution in [0.4, 0.5) is 13.6 Å². The molecule has 6 heteroatoms. The second-order valence-corrected chi connectivity index (χ2v) is 6.36. The molecule has 1 heterocycles. The minimum absolute atomic E-state index is 0.253. The van der Waals surface area contributed by atoms with Crippen LogP contribution in [0.5, 0.6) is 5.75 Å². The first-order valence-corrected chi connectivity index (χ1v) is 7.35. The highest BCUT2D eigenvalue weighted by Crippen LogP contribution is 2.25. The van der Waals surface area contributed by atoms with E-state index >= 15 is 0 Å². The van der Waals surface area contributed by atoms with E-state index in [1.807, 2.05) is 0 Å². The highest BCUT2D eigenvalue weighted by Gasteiger charge is 2.29. The molecular weight excluding hydrogens is 292 g/mol. The first kappa shape index (κ1) is 16.5. The highest BCUT2D eigenvalue weighted by atomic mass is 19.1. The molecule has 0 N–H and O–H groups in total. The summed E-state index contributed by atoms with van der Waals surface area (Å²) < 4.78 is 38.0. The molecule has 22 heavy (non-hydrogen) atoms. The van der Waals surface area contributed by atoms with Crippen molar-refractivity contribution in [3.8, 4) is 5.75 Å². The van der Waals surface area contributed by atoms with Crippen LogP contribution in [0.25, 0.3) is 0 Å². The molecule has 0 aromatic heterocycles. The van der Waals surface area contributed by atoms with Crippen molar-refractivity contribution in [1.82, 2.24) is 4.90 Å². The lowest BCUT2D eigenvalue weighted by Crippen LogP contribution is -2.46. The van der Waals surface area contributed by atoms with Crippen LogP contribution in [0.1, 0.15) is 33.6 Å². The monoisotopic (exact) mass is 313 g/mol. The van der Waals surface area contributed by atoms with Crippen LogP contribution in [0, 0.1) is 11.6 Å². The minimum atomic E-state index is -0.741. The van der Waals surface area contributed by atoms with Gasteiger partial charge in [0.25, 0.3) is 0 Å². The summed E-state index contributed by atoms with van der Waals surface area (Å²) in [6.45, 7) is 6.17. The zero-order valence-corrected chi connectivity index (χ0v) is 13.1. The molecule has 1 aromatic carbocycles. The number of amides is 1. The Kier molecular flexibility index (Phi) is 4.88. The average Bonchev–Trinajstić information content (AvgIpc) is 2.41. The van der Waals surface area contributed by atoms with Crippen molar-refractivity contribution in [3.05, 3.63) is 29.8 Å². The Morgan fingerprint density at radius 2 is 1.91 bits per heavy atom. The van der Waals surface area contributed by atoms with E-state index in [9.17, 15) is 13.6 Å². The van der Waals surface area contributed by atoms with Gasteiger partial charge in [0.05, 0.1) is 6.54 Å². The molecule has 0 saturated carbocycles. The Morgan fingerprint density at radius 1 is 1.27 bits per heavy atom. The third-order valence-electron chi connectivity index (χ3n) is 3.23. The Labute approximate surface area is 129 Å². The normalized spacial score (nSPS) is 19.0. The van der Waals surface area contributed by atoms with Gasteiger partial charge in [-0.05, 0) is 45.7 Å². The molecule has 1 atom stereocenters. The second-order valence-electron chi connectivity index (χ2n) is 6.36. The summed E-state index contributed by atoms with van der Waals surface area (Å²) in [5.74, 6) is -1.87. The van der Waals surface area contributed by atoms with Gasteiger partial charge in [-0.15, -0.1) is 0 Å². The van der Waals surface area contributed by atoms with Crippen molar-refractivity contribution in [2.24, 2.45) is 0 Å². The predicted octanol–water partition coefficient (Wildman–Crippen LogP) is 3.74. The van der Waals surface area contributed by atoms with Crippen molar-refractivity contribution in [2.75, 3.05) is 13.1 Å². The van der Waals surface area contributed by atoms with E-state index in [-0.39, 0.29) is 6.54 Å². The molecule has 1 amide bonds. The Morgan fingerprint density at radius 3 is 2.50 bits per heavy atom. The summed E-state index contributed by atoms with van der Waals surface area (Å²) in [5, 5.41) is 0. The number of para-hydroxylation sites is 1. The largest absolute Gasteiger partial charge is 0.482 e. The lowest BCUT2D eigenvalue weighted by Gasteiger charge is -2.34. The van der Waals surface area contributed by atoms with Gasteiger partial charge in [-0.25, -0.2) is 13.6 Å². The van der Waals surface area contributed by atoms with Crippen molar-refractivity contribution in [1.29, 1.82) is 0 Å². The van der Waals surface area contributed by atoms with Crippen molar-refractivity contribution in [2.45, 2.75) is 45.3 Å². The number of nitrogens with zero attached hydrogens (tertiary/aromatic N) is 1. The number of carbonyl (C=O) groups is 1. The smallest absolute Gasteiger partial charge is 0.410 e. The lowest BCUT2D eigenvalue weighted by molar-refractivity contribution is 0.00692. The van der Waals surface area contributed by atoms with Gasteiger partial charge in [0, 0.05) is 6.54 Å². The number of piperidine rings is 1. The van der Waals surface area contributed by atoms with Crippen LogP contribution in [0.3, 0.4) is 0 Å². The second kappa shape index (κ2) is 6.50. The van der Waals surface area contributed by atoms with Gasteiger partial charge < -0.3 is 14.4 Å². The maximum absolute atomic E-state index is 13.6. The molecule has 122 valence electrons. The third kappa shape index (κ3) is 4.32. The highest BCUT2D eigenvalue weighted by molar-refractivity contribution is 5.68. The molecule has 1 unspecified atom stereocenters. The van der Waals surface area contributed by atoms with Gasteiger partial charge in [-0.2, -0.15) is 0 Å². The van der Waals surface area contributed by atoms with Gasteiger partial charge in [-0.1, -0.05) is 6.07 Å². The topological polar surface area (TPSA) is 38.8 Å². The number of likely N-dealkylation sites (tertiary alicyclic amines) is 1. The summed E-state index contributed by atoms with van der Waals surface area (Å²) in [6, 6.07) is 3.57. The van der Waals surface area contributed by atoms with E-state index < -0.39 is 35.2 Å². The van der Waals surface area contributed by atoms with E-state index in [0.717, 1.165) is 12.1 Å². The summed E-state index contributed by atoms with van der Waals surface area (Å²) >= 11 is 0. The molecule has 1 fully saturated rings. The number of hydrogen-bond donors (Lipinski definition) is 0. The zero-order valence-electron chi connectivity index (χ0n) is 13.1. The fourth-order valence-electron chi connectivity index (χ4n) is 2.29. The van der Waals surface area contributed by atoms with Gasteiger partial charge in [-0.3, -0.25) is 0 Å². The van der Waals surface area contributed by atoms with Gasteiger partial charge in [0.1, 0.15) is 11.7 Å². The summed E-state index contributed by atoms with van der Waals surface area (Å²) in [6.07, 6.45) is 0.440. The minimum Gasteiger partial charge on any atom is -0.482 e. The standard InChI is InChI=1S/C16H21F2NO3/c1-16(2,3)22-15(20)19-9-5-6-11(10-19)21-14-12(17)7-4-8-13(14)18/h4,7-8,11H,5-6,9-10H2,1-3H3. The van der Waals surface area contributed by atoms with Crippen molar-refractivity contribution in [3.63, 3.8) is 0 Å². The number of halogens is 2. The Balaban J connectivity index is 2.00. The molecular formula is C16H21F2NO3. The fraction of sp³-hybridized carbons (Fsp3) is 0.562. The molecule has 0 aliphatic carbocycles. The molecule has 1 aliphatic heterocycles. The molecule has 0 spiro atoms. The van der Waals surface area contributed by atoms with Crippen LogP contribution in [-0.4, -0.2) is 35.8 Å². The molecule has 1 aromatic rings. The number of benzene rings is 1. The average molecular weight is 313 g/mol. The maximum Gasteiger partial charge on any atom is 0.410 e. The number of rotatable bonds is 2. The van der Waals surface area contributed by atoms with Crippen molar-refractivity contribution >= 4 is 6.09 Å². The molecule has 0 radical (unpaired) electrons. The van der Waals surface area contributed by atoms with Gasteiger partial charge in [0.15, 0.2) is 17.4 Å². The molecule has 1 saturated heterocycles. The summed E-state index contributed by atoms with van der Waals surface area (Å²) in [5.41, 5.74) is -0.581. The van der Waals surface area contributed by atoms with E-state index in [4.69, 9.17) is 9.47 Å². The van der Waals surface area contributed by atoms with E-state index in [1.165, 1.54) is 11.0 Å². The third-order valence-corrected chi connectivity index (χ3v) is 3.23. The zero-order chi connectivity index (χ0) is 16.3. The summed E-state index contributed by atoms with van der Waals surface area (Å²) in [4.78, 5) is 13.6. The number of carbonyl (C=O) groups excluding carboxylic acids is 1. The van der Waals surface area contributed by atoms with Gasteiger partial charge >= 0.3 is 6.09 Å². The van der Waals surface area contributed by atoms with Crippen LogP contribution < -0.4 is 4.74 Å². The number of ether oxygens (including phenoxy) is 2. The lowest BCUT2D eigenvalue weighted by atomic mass is 10.1. The first-order chi connectivity index (χ1) is 10.3. The fourth-order valence-corrected chi connectivity index (χ4v) is 2.29. The molecule has 1 aliphatic rings. The van der Waals surface area contributed by atoms with E-state index in [0.29, 0.717) is 19.4 Å². The number of hydrogen-bond acceptors (Lipinski definition) is 3. The van der Waals surface area contributed by atoms with Crippen LogP contribution in [0.2, 0.25) is 0 Å². The molecule has 2 rings (SSSR count). The Bertz CT molecular complexity index is 522. The maximum atomic E-state index is 13.6.